The summed E-state index contributed by atoms with van der Waals surface area (Å²) in [6.45, 7) is 4.32. The fraction of sp³-hybridized carbons (Fsp3) is 1.00. The van der Waals surface area contributed by atoms with Crippen LogP contribution in [0.2, 0.25) is 0 Å². The molecule has 8 N–H and O–H groups in total. The number of phosphoric acid groups is 1. The van der Waals surface area contributed by atoms with E-state index in [-0.39, 0.29) is 12.3 Å². The van der Waals surface area contributed by atoms with Gasteiger partial charge in [-0.05, 0) is 12.8 Å². The monoisotopic (exact) mass is 342 g/mol. The molecule has 0 rings (SSSR count). The molecule has 138 valence electrons. The Balaban J connectivity index is -0.00000180. The van der Waals surface area contributed by atoms with E-state index in [0.29, 0.717) is 12.8 Å². The largest absolute Gasteiger partial charge is 0.790 e. The standard InChI is InChI=1S/C15H33O4P.2H3N/c1-3-5-7-9-11-13-15(19-20(16,17)18)14-12-10-8-6-4-2;;/h15H,3-14H2,1-2H3,(H2,16,17,18);2*1H3. The average molecular weight is 342 g/mol. The van der Waals surface area contributed by atoms with Gasteiger partial charge in [-0.15, -0.1) is 0 Å². The summed E-state index contributed by atoms with van der Waals surface area (Å²) in [5, 5.41) is 0. The van der Waals surface area contributed by atoms with Gasteiger partial charge in [-0.25, -0.2) is 0 Å². The van der Waals surface area contributed by atoms with E-state index < -0.39 is 13.9 Å². The van der Waals surface area contributed by atoms with Gasteiger partial charge in [0.15, 0.2) is 0 Å². The summed E-state index contributed by atoms with van der Waals surface area (Å²) in [5.74, 6) is 0. The van der Waals surface area contributed by atoms with Gasteiger partial charge < -0.3 is 31.2 Å². The molecule has 0 aliphatic rings. The van der Waals surface area contributed by atoms with Crippen molar-refractivity contribution < 1.29 is 18.9 Å². The third kappa shape index (κ3) is 20.0. The Bertz CT molecular complexity index is 248. The number of quaternary nitrogens is 2. The average Bonchev–Trinajstić information content (AvgIpc) is 2.36. The van der Waals surface area contributed by atoms with E-state index in [1.165, 1.54) is 38.5 Å². The SMILES string of the molecule is CCCCCCCC(CCCCCCC)OP(=O)([O-])[O-].[NH4+].[NH4+]. The molecule has 0 amide bonds. The van der Waals surface area contributed by atoms with Crippen molar-refractivity contribution in [2.75, 3.05) is 0 Å². The highest BCUT2D eigenvalue weighted by molar-refractivity contribution is 7.43. The topological polar surface area (TPSA) is 145 Å². The van der Waals surface area contributed by atoms with Crippen molar-refractivity contribution in [3.05, 3.63) is 0 Å². The molecule has 0 aromatic heterocycles. The van der Waals surface area contributed by atoms with Crippen molar-refractivity contribution in [1.29, 1.82) is 0 Å². The molecule has 0 aliphatic carbocycles. The van der Waals surface area contributed by atoms with Gasteiger partial charge in [0.05, 0.1) is 13.9 Å². The minimum Gasteiger partial charge on any atom is -0.790 e. The van der Waals surface area contributed by atoms with E-state index in [9.17, 15) is 14.4 Å². The molecule has 0 heterocycles. The molecule has 0 spiro atoms. The first-order chi connectivity index (χ1) is 9.49. The molecule has 0 saturated heterocycles. The van der Waals surface area contributed by atoms with Gasteiger partial charge >= 0.3 is 0 Å². The maximum atomic E-state index is 10.8. The second-order valence-electron chi connectivity index (χ2n) is 5.58. The highest BCUT2D eigenvalue weighted by atomic mass is 31.2. The van der Waals surface area contributed by atoms with Gasteiger partial charge in [0.1, 0.15) is 0 Å². The molecular formula is C15H39N2O4P. The number of phosphoric ester groups is 1. The smallest absolute Gasteiger partial charge is 0.0627 e. The summed E-state index contributed by atoms with van der Waals surface area (Å²) >= 11 is 0. The van der Waals surface area contributed by atoms with Crippen molar-refractivity contribution in [2.45, 2.75) is 97.0 Å². The van der Waals surface area contributed by atoms with Crippen LogP contribution < -0.4 is 22.1 Å². The molecule has 6 nitrogen and oxygen atoms in total. The van der Waals surface area contributed by atoms with Crippen LogP contribution in [0.1, 0.15) is 90.9 Å². The van der Waals surface area contributed by atoms with Crippen LogP contribution >= 0.6 is 7.82 Å². The molecule has 0 aliphatic heterocycles. The lowest BCUT2D eigenvalue weighted by molar-refractivity contribution is -0.345. The molecule has 0 saturated carbocycles. The number of hydrogen-bond acceptors (Lipinski definition) is 4. The number of unbranched alkanes of at least 4 members (excludes halogenated alkanes) is 8. The van der Waals surface area contributed by atoms with Gasteiger partial charge in [0.2, 0.25) is 0 Å². The van der Waals surface area contributed by atoms with E-state index in [0.717, 1.165) is 25.7 Å². The van der Waals surface area contributed by atoms with E-state index in [4.69, 9.17) is 4.52 Å². The Labute approximate surface area is 136 Å². The van der Waals surface area contributed by atoms with Crippen LogP contribution in [0.15, 0.2) is 0 Å². The van der Waals surface area contributed by atoms with E-state index >= 15 is 0 Å². The summed E-state index contributed by atoms with van der Waals surface area (Å²) in [7, 11) is -4.84. The Morgan fingerprint density at radius 1 is 0.773 bits per heavy atom. The molecule has 0 unspecified atom stereocenters. The predicted octanol–water partition coefficient (Wildman–Crippen LogP) is 4.67. The summed E-state index contributed by atoms with van der Waals surface area (Å²) in [5.41, 5.74) is 0. The minimum absolute atomic E-state index is 0. The summed E-state index contributed by atoms with van der Waals surface area (Å²) in [4.78, 5) is 21.5. The zero-order valence-electron chi connectivity index (χ0n) is 15.1. The van der Waals surface area contributed by atoms with Crippen molar-refractivity contribution >= 4 is 7.82 Å². The number of rotatable bonds is 14. The summed E-state index contributed by atoms with van der Waals surface area (Å²) in [6, 6.07) is 0. The van der Waals surface area contributed by atoms with Crippen LogP contribution in [0.4, 0.5) is 0 Å². The lowest BCUT2D eigenvalue weighted by atomic mass is 10.0. The first kappa shape index (κ1) is 26.9. The fourth-order valence-corrected chi connectivity index (χ4v) is 2.96. The molecule has 0 atom stereocenters. The quantitative estimate of drug-likeness (QED) is 0.348. The van der Waals surface area contributed by atoms with Crippen molar-refractivity contribution in [2.24, 2.45) is 0 Å². The zero-order chi connectivity index (χ0) is 15.3. The van der Waals surface area contributed by atoms with Gasteiger partial charge in [0, 0.05) is 0 Å². The van der Waals surface area contributed by atoms with Crippen molar-refractivity contribution in [3.63, 3.8) is 0 Å². The normalized spacial score (nSPS) is 11.1. The molecule has 22 heavy (non-hydrogen) atoms. The first-order valence-electron chi connectivity index (χ1n) is 8.20. The Hall–Kier alpha value is 0.0300. The maximum Gasteiger partial charge on any atom is 0.0627 e. The van der Waals surface area contributed by atoms with Crippen LogP contribution in [0.5, 0.6) is 0 Å². The number of hydrogen-bond donors (Lipinski definition) is 2. The molecule has 0 bridgehead atoms. The lowest BCUT2D eigenvalue weighted by Crippen LogP contribution is -2.23. The molecule has 7 heteroatoms. The lowest BCUT2D eigenvalue weighted by Gasteiger charge is -2.33. The van der Waals surface area contributed by atoms with Crippen LogP contribution in [0.25, 0.3) is 0 Å². The minimum atomic E-state index is -4.84. The van der Waals surface area contributed by atoms with Crippen LogP contribution in [0, 0.1) is 0 Å². The van der Waals surface area contributed by atoms with Crippen LogP contribution in [-0.2, 0) is 9.09 Å². The molecule has 0 fully saturated rings. The summed E-state index contributed by atoms with van der Waals surface area (Å²) < 4.78 is 15.5. The van der Waals surface area contributed by atoms with Crippen molar-refractivity contribution in [3.8, 4) is 0 Å². The van der Waals surface area contributed by atoms with E-state index in [1.807, 2.05) is 0 Å². The third-order valence-electron chi connectivity index (χ3n) is 3.54. The zero-order valence-corrected chi connectivity index (χ0v) is 16.0. The fourth-order valence-electron chi connectivity index (χ4n) is 2.38. The third-order valence-corrected chi connectivity index (χ3v) is 4.09. The Kier molecular flexibility index (Phi) is 21.3. The summed E-state index contributed by atoms with van der Waals surface area (Å²) in [6.07, 6.45) is 12.2. The van der Waals surface area contributed by atoms with Crippen molar-refractivity contribution in [1.82, 2.24) is 12.3 Å². The Morgan fingerprint density at radius 2 is 1.14 bits per heavy atom. The second kappa shape index (κ2) is 17.4. The Morgan fingerprint density at radius 3 is 1.45 bits per heavy atom. The first-order valence-corrected chi connectivity index (χ1v) is 9.66. The highest BCUT2D eigenvalue weighted by Crippen LogP contribution is 2.31. The molecule has 0 aromatic rings. The van der Waals surface area contributed by atoms with Gasteiger partial charge in [0.25, 0.3) is 0 Å². The van der Waals surface area contributed by atoms with Gasteiger partial charge in [-0.1, -0.05) is 78.1 Å². The van der Waals surface area contributed by atoms with Crippen LogP contribution in [-0.4, -0.2) is 6.10 Å². The molecular weight excluding hydrogens is 303 g/mol. The predicted molar refractivity (Wildman–Crippen MR) is 91.2 cm³/mol. The highest BCUT2D eigenvalue weighted by Gasteiger charge is 2.10. The second-order valence-corrected chi connectivity index (χ2v) is 6.69. The van der Waals surface area contributed by atoms with Crippen LogP contribution in [0.3, 0.4) is 0 Å². The maximum absolute atomic E-state index is 10.8. The van der Waals surface area contributed by atoms with E-state index in [2.05, 4.69) is 13.8 Å². The van der Waals surface area contributed by atoms with E-state index in [1.54, 1.807) is 0 Å². The van der Waals surface area contributed by atoms with Gasteiger partial charge in [-0.2, -0.15) is 0 Å². The molecule has 0 radical (unpaired) electrons. The molecule has 0 aromatic carbocycles. The van der Waals surface area contributed by atoms with Gasteiger partial charge in [-0.3, -0.25) is 0 Å².